The molecule has 0 aliphatic heterocycles. The highest BCUT2D eigenvalue weighted by Gasteiger charge is 2.14. The summed E-state index contributed by atoms with van der Waals surface area (Å²) in [5, 5.41) is 6.61. The van der Waals surface area contributed by atoms with Crippen molar-refractivity contribution in [2.75, 3.05) is 0 Å². The van der Waals surface area contributed by atoms with Crippen LogP contribution in [0.1, 0.15) is 24.2 Å². The van der Waals surface area contributed by atoms with Gasteiger partial charge < -0.3 is 5.32 Å². The summed E-state index contributed by atoms with van der Waals surface area (Å²) in [6, 6.07) is 6.50. The lowest BCUT2D eigenvalue weighted by molar-refractivity contribution is 0.0941. The van der Waals surface area contributed by atoms with Gasteiger partial charge in [-0.15, -0.1) is 0 Å². The molecule has 0 unspecified atom stereocenters. The molecular formula is C13H14N4O2. The first kappa shape index (κ1) is 12.9. The van der Waals surface area contributed by atoms with Crippen molar-refractivity contribution in [2.24, 2.45) is 0 Å². The highest BCUT2D eigenvalue weighted by atomic mass is 16.2. The zero-order valence-electron chi connectivity index (χ0n) is 10.7. The predicted octanol–water partition coefficient (Wildman–Crippen LogP) is 0.766. The van der Waals surface area contributed by atoms with Crippen molar-refractivity contribution in [1.29, 1.82) is 0 Å². The van der Waals surface area contributed by atoms with Crippen LogP contribution in [0.2, 0.25) is 0 Å². The number of aromatic nitrogens is 3. The number of nitrogens with one attached hydrogen (secondary N) is 1. The Labute approximate surface area is 110 Å². The van der Waals surface area contributed by atoms with Gasteiger partial charge in [0, 0.05) is 18.4 Å². The Morgan fingerprint density at radius 2 is 2.05 bits per heavy atom. The molecule has 0 radical (unpaired) electrons. The summed E-state index contributed by atoms with van der Waals surface area (Å²) >= 11 is 0. The van der Waals surface area contributed by atoms with E-state index in [2.05, 4.69) is 15.4 Å². The van der Waals surface area contributed by atoms with Gasteiger partial charge in [-0.3, -0.25) is 9.59 Å². The van der Waals surface area contributed by atoms with E-state index < -0.39 is 11.5 Å². The molecule has 0 aliphatic rings. The van der Waals surface area contributed by atoms with E-state index >= 15 is 0 Å². The third-order valence-corrected chi connectivity index (χ3v) is 2.38. The molecular weight excluding hydrogens is 244 g/mol. The molecule has 0 spiro atoms. The average Bonchev–Trinajstić information content (AvgIpc) is 2.39. The van der Waals surface area contributed by atoms with E-state index in [-0.39, 0.29) is 11.6 Å². The van der Waals surface area contributed by atoms with Crippen LogP contribution in [-0.2, 0) is 0 Å². The molecule has 6 heteroatoms. The standard InChI is InChI=1S/C13H14N4O2/c1-9(2)16-12(18)10-6-8-15-17(13(10)19)11-5-3-4-7-14-11/h3-9H,1-2H3,(H,16,18). The number of hydrogen-bond donors (Lipinski definition) is 1. The first-order valence-electron chi connectivity index (χ1n) is 5.90. The number of hydrogen-bond acceptors (Lipinski definition) is 4. The van der Waals surface area contributed by atoms with Crippen molar-refractivity contribution in [1.82, 2.24) is 20.1 Å². The van der Waals surface area contributed by atoms with Crippen LogP contribution in [0.4, 0.5) is 0 Å². The minimum atomic E-state index is -0.487. The van der Waals surface area contributed by atoms with E-state index in [1.54, 1.807) is 24.4 Å². The Balaban J connectivity index is 2.45. The highest BCUT2D eigenvalue weighted by molar-refractivity contribution is 5.93. The molecule has 6 nitrogen and oxygen atoms in total. The highest BCUT2D eigenvalue weighted by Crippen LogP contribution is 1.98. The van der Waals surface area contributed by atoms with Gasteiger partial charge in [-0.2, -0.15) is 9.78 Å². The second-order valence-electron chi connectivity index (χ2n) is 4.28. The van der Waals surface area contributed by atoms with Gasteiger partial charge >= 0.3 is 0 Å². The molecule has 2 rings (SSSR count). The maximum absolute atomic E-state index is 12.2. The van der Waals surface area contributed by atoms with Crippen molar-refractivity contribution in [2.45, 2.75) is 19.9 Å². The number of amides is 1. The first-order valence-corrected chi connectivity index (χ1v) is 5.90. The van der Waals surface area contributed by atoms with Gasteiger partial charge in [0.05, 0.1) is 0 Å². The summed E-state index contributed by atoms with van der Waals surface area (Å²) in [4.78, 5) is 28.1. The van der Waals surface area contributed by atoms with Gasteiger partial charge in [-0.25, -0.2) is 4.98 Å². The van der Waals surface area contributed by atoms with Gasteiger partial charge in [0.25, 0.3) is 11.5 Å². The Bertz CT molecular complexity index is 635. The maximum atomic E-state index is 12.2. The van der Waals surface area contributed by atoms with E-state index in [4.69, 9.17) is 0 Å². The molecule has 2 aromatic rings. The van der Waals surface area contributed by atoms with Crippen molar-refractivity contribution < 1.29 is 4.79 Å². The fourth-order valence-electron chi connectivity index (χ4n) is 1.57. The monoisotopic (exact) mass is 258 g/mol. The smallest absolute Gasteiger partial charge is 0.285 e. The molecule has 0 saturated carbocycles. The van der Waals surface area contributed by atoms with Gasteiger partial charge in [-0.05, 0) is 32.0 Å². The van der Waals surface area contributed by atoms with Gasteiger partial charge in [0.2, 0.25) is 0 Å². The van der Waals surface area contributed by atoms with Crippen molar-refractivity contribution in [3.8, 4) is 5.82 Å². The summed E-state index contributed by atoms with van der Waals surface area (Å²) in [5.74, 6) is -0.0289. The lowest BCUT2D eigenvalue weighted by Crippen LogP contribution is -2.36. The van der Waals surface area contributed by atoms with Crippen LogP contribution in [0.25, 0.3) is 5.82 Å². The maximum Gasteiger partial charge on any atom is 0.285 e. The van der Waals surface area contributed by atoms with Crippen LogP contribution >= 0.6 is 0 Å². The molecule has 2 aromatic heterocycles. The van der Waals surface area contributed by atoms with Crippen LogP contribution in [0.5, 0.6) is 0 Å². The van der Waals surface area contributed by atoms with Gasteiger partial charge in [-0.1, -0.05) is 6.07 Å². The molecule has 0 atom stereocenters. The topological polar surface area (TPSA) is 76.9 Å². The van der Waals surface area contributed by atoms with Gasteiger partial charge in [0.1, 0.15) is 5.56 Å². The zero-order chi connectivity index (χ0) is 13.8. The summed E-state index contributed by atoms with van der Waals surface area (Å²) in [6.07, 6.45) is 2.97. The Kier molecular flexibility index (Phi) is 3.70. The van der Waals surface area contributed by atoms with Crippen molar-refractivity contribution >= 4 is 5.91 Å². The lowest BCUT2D eigenvalue weighted by Gasteiger charge is -2.09. The molecule has 0 fully saturated rings. The molecule has 1 N–H and O–H groups in total. The molecule has 2 heterocycles. The molecule has 19 heavy (non-hydrogen) atoms. The first-order chi connectivity index (χ1) is 9.09. The van der Waals surface area contributed by atoms with Gasteiger partial charge in [0.15, 0.2) is 5.82 Å². The van der Waals surface area contributed by atoms with E-state index in [9.17, 15) is 9.59 Å². The Morgan fingerprint density at radius 1 is 1.26 bits per heavy atom. The van der Waals surface area contributed by atoms with E-state index in [1.807, 2.05) is 13.8 Å². The molecule has 1 amide bonds. The summed E-state index contributed by atoms with van der Waals surface area (Å²) in [7, 11) is 0. The molecule has 0 bridgehead atoms. The second kappa shape index (κ2) is 5.43. The van der Waals surface area contributed by atoms with Crippen molar-refractivity contribution in [3.63, 3.8) is 0 Å². The summed E-state index contributed by atoms with van der Waals surface area (Å²) < 4.78 is 1.11. The summed E-state index contributed by atoms with van der Waals surface area (Å²) in [5.41, 5.74) is -0.436. The van der Waals surface area contributed by atoms with E-state index in [0.717, 1.165) is 4.68 Å². The van der Waals surface area contributed by atoms with Crippen LogP contribution in [-0.4, -0.2) is 26.7 Å². The minimum absolute atomic E-state index is 0.0386. The Morgan fingerprint density at radius 3 is 2.68 bits per heavy atom. The van der Waals surface area contributed by atoms with E-state index in [1.165, 1.54) is 12.3 Å². The van der Waals surface area contributed by atoms with Crippen LogP contribution in [0.3, 0.4) is 0 Å². The lowest BCUT2D eigenvalue weighted by atomic mass is 10.2. The van der Waals surface area contributed by atoms with Crippen LogP contribution < -0.4 is 10.9 Å². The molecule has 0 saturated heterocycles. The second-order valence-corrected chi connectivity index (χ2v) is 4.28. The largest absolute Gasteiger partial charge is 0.350 e. The number of carbonyl (C=O) groups excluding carboxylic acids is 1. The van der Waals surface area contributed by atoms with Crippen LogP contribution in [0, 0.1) is 0 Å². The Hall–Kier alpha value is -2.50. The number of pyridine rings is 1. The average molecular weight is 258 g/mol. The SMILES string of the molecule is CC(C)NC(=O)c1ccnn(-c2ccccn2)c1=O. The quantitative estimate of drug-likeness (QED) is 0.882. The number of rotatable bonds is 3. The summed E-state index contributed by atoms with van der Waals surface area (Å²) in [6.45, 7) is 3.66. The molecule has 98 valence electrons. The number of carbonyl (C=O) groups is 1. The molecule has 0 aliphatic carbocycles. The zero-order valence-corrected chi connectivity index (χ0v) is 10.7. The van der Waals surface area contributed by atoms with Crippen LogP contribution in [0.15, 0.2) is 41.5 Å². The normalized spacial score (nSPS) is 10.5. The van der Waals surface area contributed by atoms with Crippen molar-refractivity contribution in [3.05, 3.63) is 52.6 Å². The predicted molar refractivity (Wildman–Crippen MR) is 70.2 cm³/mol. The number of nitrogens with zero attached hydrogens (tertiary/aromatic N) is 3. The molecule has 0 aromatic carbocycles. The fraction of sp³-hybridized carbons (Fsp3) is 0.231. The fourth-order valence-corrected chi connectivity index (χ4v) is 1.57. The third kappa shape index (κ3) is 2.85. The third-order valence-electron chi connectivity index (χ3n) is 2.38. The minimum Gasteiger partial charge on any atom is -0.350 e. The van der Waals surface area contributed by atoms with E-state index in [0.29, 0.717) is 5.82 Å².